The fourth-order valence-electron chi connectivity index (χ4n) is 1.51. The van der Waals surface area contributed by atoms with Crippen LogP contribution in [0.1, 0.15) is 12.5 Å². The number of hydrogen-bond acceptors (Lipinski definition) is 4. The number of benzene rings is 1. The zero-order valence-electron chi connectivity index (χ0n) is 11.6. The van der Waals surface area contributed by atoms with Crippen LogP contribution in [0, 0.1) is 0 Å². The van der Waals surface area contributed by atoms with Crippen LogP contribution < -0.4 is 20.7 Å². The second-order valence-electron chi connectivity index (χ2n) is 4.11. The fraction of sp³-hybridized carbons (Fsp3) is 0.385. The molecule has 0 saturated carbocycles. The van der Waals surface area contributed by atoms with Gasteiger partial charge < -0.3 is 15.4 Å². The number of carbonyl (C=O) groups is 2. The topological polar surface area (TPSA) is 79.5 Å². The molecular weight excluding hydrogens is 326 g/mol. The van der Waals surface area contributed by atoms with E-state index in [0.29, 0.717) is 12.3 Å². The molecule has 0 heterocycles. The molecule has 0 spiro atoms. The molecule has 0 aliphatic carbocycles. The molecular formula is C13H18BrN3O3. The maximum Gasteiger partial charge on any atom is 0.321 e. The van der Waals surface area contributed by atoms with Crippen LogP contribution in [-0.2, 0) is 11.3 Å². The molecule has 1 rings (SSSR count). The molecule has 0 aromatic heterocycles. The summed E-state index contributed by atoms with van der Waals surface area (Å²) in [5.74, 6) is 0.102. The fourth-order valence-corrected chi connectivity index (χ4v) is 1.92. The summed E-state index contributed by atoms with van der Waals surface area (Å²) in [7, 11) is 3.26. The Kier molecular flexibility index (Phi) is 6.47. The molecule has 0 saturated heterocycles. The van der Waals surface area contributed by atoms with Gasteiger partial charge >= 0.3 is 6.03 Å². The molecule has 1 aromatic rings. The minimum absolute atomic E-state index is 0.498. The highest BCUT2D eigenvalue weighted by atomic mass is 79.9. The van der Waals surface area contributed by atoms with E-state index in [2.05, 4.69) is 31.9 Å². The Morgan fingerprint density at radius 1 is 1.35 bits per heavy atom. The Morgan fingerprint density at radius 2 is 2.05 bits per heavy atom. The van der Waals surface area contributed by atoms with Gasteiger partial charge in [-0.25, -0.2) is 4.79 Å². The highest BCUT2D eigenvalue weighted by Crippen LogP contribution is 2.24. The molecule has 0 radical (unpaired) electrons. The van der Waals surface area contributed by atoms with E-state index in [1.165, 1.54) is 7.05 Å². The molecule has 110 valence electrons. The number of amides is 3. The SMILES string of the molecule is CNCc1cc(Br)ccc1OC(C)C(=O)NC(=O)NC. The maximum absolute atomic E-state index is 11.7. The van der Waals surface area contributed by atoms with Crippen LogP contribution in [0.15, 0.2) is 22.7 Å². The third-order valence-electron chi connectivity index (χ3n) is 2.53. The molecule has 0 fully saturated rings. The van der Waals surface area contributed by atoms with Crippen molar-refractivity contribution in [3.8, 4) is 5.75 Å². The second-order valence-corrected chi connectivity index (χ2v) is 5.03. The van der Waals surface area contributed by atoms with Crippen molar-refractivity contribution in [2.75, 3.05) is 14.1 Å². The van der Waals surface area contributed by atoms with E-state index < -0.39 is 18.0 Å². The van der Waals surface area contributed by atoms with Crippen LogP contribution in [0.3, 0.4) is 0 Å². The average molecular weight is 344 g/mol. The third-order valence-corrected chi connectivity index (χ3v) is 3.02. The lowest BCUT2D eigenvalue weighted by Gasteiger charge is -2.17. The lowest BCUT2D eigenvalue weighted by Crippen LogP contribution is -2.44. The predicted octanol–water partition coefficient (Wildman–Crippen LogP) is 1.39. The van der Waals surface area contributed by atoms with E-state index in [4.69, 9.17) is 4.74 Å². The van der Waals surface area contributed by atoms with Crippen LogP contribution in [0.25, 0.3) is 0 Å². The lowest BCUT2D eigenvalue weighted by atomic mass is 10.2. The van der Waals surface area contributed by atoms with E-state index in [1.807, 2.05) is 19.2 Å². The number of carbonyl (C=O) groups excluding carboxylic acids is 2. The van der Waals surface area contributed by atoms with E-state index >= 15 is 0 Å². The number of nitrogens with one attached hydrogen (secondary N) is 3. The van der Waals surface area contributed by atoms with E-state index in [0.717, 1.165) is 10.0 Å². The highest BCUT2D eigenvalue weighted by molar-refractivity contribution is 9.10. The van der Waals surface area contributed by atoms with Gasteiger partial charge in [-0.2, -0.15) is 0 Å². The highest BCUT2D eigenvalue weighted by Gasteiger charge is 2.18. The molecule has 3 amide bonds. The number of urea groups is 1. The van der Waals surface area contributed by atoms with E-state index in [1.54, 1.807) is 13.0 Å². The van der Waals surface area contributed by atoms with Gasteiger partial charge in [0.05, 0.1) is 0 Å². The third kappa shape index (κ3) is 4.82. The molecule has 0 bridgehead atoms. The van der Waals surface area contributed by atoms with Crippen molar-refractivity contribution < 1.29 is 14.3 Å². The summed E-state index contributed by atoms with van der Waals surface area (Å²) >= 11 is 3.39. The minimum atomic E-state index is -0.774. The quantitative estimate of drug-likeness (QED) is 0.754. The summed E-state index contributed by atoms with van der Waals surface area (Å²) < 4.78 is 6.54. The summed E-state index contributed by atoms with van der Waals surface area (Å²) in [6.07, 6.45) is -0.774. The standard InChI is InChI=1S/C13H18BrN3O3/c1-8(12(18)17-13(19)16-3)20-11-5-4-10(14)6-9(11)7-15-2/h4-6,8,15H,7H2,1-3H3,(H2,16,17,18,19). The average Bonchev–Trinajstić information content (AvgIpc) is 2.41. The predicted molar refractivity (Wildman–Crippen MR) is 79.6 cm³/mol. The Bertz CT molecular complexity index is 494. The van der Waals surface area contributed by atoms with Crippen molar-refractivity contribution in [1.29, 1.82) is 0 Å². The minimum Gasteiger partial charge on any atom is -0.481 e. The number of imide groups is 1. The van der Waals surface area contributed by atoms with Crippen molar-refractivity contribution in [2.24, 2.45) is 0 Å². The Morgan fingerprint density at radius 3 is 2.65 bits per heavy atom. The number of rotatable bonds is 5. The zero-order valence-corrected chi connectivity index (χ0v) is 13.2. The smallest absolute Gasteiger partial charge is 0.321 e. The van der Waals surface area contributed by atoms with Gasteiger partial charge in [0.1, 0.15) is 5.75 Å². The molecule has 6 nitrogen and oxygen atoms in total. The monoisotopic (exact) mass is 343 g/mol. The Labute approximate surface area is 126 Å². The first-order valence-electron chi connectivity index (χ1n) is 6.10. The van der Waals surface area contributed by atoms with Gasteiger partial charge in [0, 0.05) is 23.6 Å². The van der Waals surface area contributed by atoms with E-state index in [-0.39, 0.29) is 0 Å². The first-order valence-corrected chi connectivity index (χ1v) is 6.89. The van der Waals surface area contributed by atoms with Gasteiger partial charge in [-0.15, -0.1) is 0 Å². The lowest BCUT2D eigenvalue weighted by molar-refractivity contribution is -0.126. The first-order chi connectivity index (χ1) is 9.47. The molecule has 1 atom stereocenters. The molecule has 0 aliphatic rings. The summed E-state index contributed by atoms with van der Waals surface area (Å²) in [6, 6.07) is 4.96. The van der Waals surface area contributed by atoms with Gasteiger partial charge in [-0.05, 0) is 32.2 Å². The molecule has 7 heteroatoms. The molecule has 3 N–H and O–H groups in total. The molecule has 1 unspecified atom stereocenters. The van der Waals surface area contributed by atoms with Crippen molar-refractivity contribution in [2.45, 2.75) is 19.6 Å². The van der Waals surface area contributed by atoms with Crippen LogP contribution in [0.5, 0.6) is 5.75 Å². The number of ether oxygens (including phenoxy) is 1. The summed E-state index contributed by atoms with van der Waals surface area (Å²) in [5, 5.41) is 7.51. The second kappa shape index (κ2) is 7.86. The largest absolute Gasteiger partial charge is 0.481 e. The van der Waals surface area contributed by atoms with Gasteiger partial charge in [0.15, 0.2) is 6.10 Å². The van der Waals surface area contributed by atoms with Gasteiger partial charge in [0.2, 0.25) is 0 Å². The molecule has 0 aliphatic heterocycles. The Balaban J connectivity index is 2.76. The van der Waals surface area contributed by atoms with E-state index in [9.17, 15) is 9.59 Å². The normalized spacial score (nSPS) is 11.6. The van der Waals surface area contributed by atoms with Crippen LogP contribution >= 0.6 is 15.9 Å². The van der Waals surface area contributed by atoms with Crippen molar-refractivity contribution in [3.63, 3.8) is 0 Å². The van der Waals surface area contributed by atoms with Gasteiger partial charge in [0.25, 0.3) is 5.91 Å². The van der Waals surface area contributed by atoms with Crippen LogP contribution in [-0.4, -0.2) is 32.1 Å². The van der Waals surface area contributed by atoms with Crippen molar-refractivity contribution in [3.05, 3.63) is 28.2 Å². The molecule has 20 heavy (non-hydrogen) atoms. The van der Waals surface area contributed by atoms with Gasteiger partial charge in [-0.1, -0.05) is 15.9 Å². The van der Waals surface area contributed by atoms with Crippen molar-refractivity contribution >= 4 is 27.9 Å². The van der Waals surface area contributed by atoms with Gasteiger partial charge in [-0.3, -0.25) is 10.1 Å². The number of hydrogen-bond donors (Lipinski definition) is 3. The summed E-state index contributed by atoms with van der Waals surface area (Å²) in [4.78, 5) is 22.8. The van der Waals surface area contributed by atoms with Crippen molar-refractivity contribution in [1.82, 2.24) is 16.0 Å². The Hall–Kier alpha value is -1.60. The number of halogens is 1. The first kappa shape index (κ1) is 16.5. The van der Waals surface area contributed by atoms with Crippen LogP contribution in [0.4, 0.5) is 4.79 Å². The molecule has 1 aromatic carbocycles. The summed E-state index contributed by atoms with van der Waals surface area (Å²) in [6.45, 7) is 2.20. The zero-order chi connectivity index (χ0) is 15.1. The summed E-state index contributed by atoms with van der Waals surface area (Å²) in [5.41, 5.74) is 0.918. The van der Waals surface area contributed by atoms with Crippen LogP contribution in [0.2, 0.25) is 0 Å². The maximum atomic E-state index is 11.7.